The highest BCUT2D eigenvalue weighted by Gasteiger charge is 2.10. The van der Waals surface area contributed by atoms with Crippen molar-refractivity contribution in [3.63, 3.8) is 0 Å². The van der Waals surface area contributed by atoms with Gasteiger partial charge in [-0.2, -0.15) is 5.10 Å². The zero-order valence-corrected chi connectivity index (χ0v) is 12.1. The van der Waals surface area contributed by atoms with Crippen molar-refractivity contribution in [2.75, 3.05) is 7.11 Å². The summed E-state index contributed by atoms with van der Waals surface area (Å²) in [6.07, 6.45) is 1.58. The maximum absolute atomic E-state index is 12.0. The molecule has 5 nitrogen and oxygen atoms in total. The zero-order chi connectivity index (χ0) is 14.5. The van der Waals surface area contributed by atoms with E-state index >= 15 is 0 Å². The van der Waals surface area contributed by atoms with E-state index in [4.69, 9.17) is 16.3 Å². The Kier molecular flexibility index (Phi) is 4.63. The normalized spacial score (nSPS) is 10.3. The molecule has 1 heterocycles. The van der Waals surface area contributed by atoms with Crippen molar-refractivity contribution in [1.82, 2.24) is 15.1 Å². The lowest BCUT2D eigenvalue weighted by Crippen LogP contribution is -2.24. The highest BCUT2D eigenvalue weighted by molar-refractivity contribution is 6.31. The van der Waals surface area contributed by atoms with Gasteiger partial charge in [0.1, 0.15) is 5.75 Å². The van der Waals surface area contributed by atoms with Gasteiger partial charge < -0.3 is 10.1 Å². The van der Waals surface area contributed by atoms with Gasteiger partial charge in [-0.3, -0.25) is 9.48 Å². The van der Waals surface area contributed by atoms with E-state index in [-0.39, 0.29) is 5.91 Å². The number of rotatable bonds is 5. The molecule has 0 atom stereocenters. The van der Waals surface area contributed by atoms with Crippen LogP contribution in [0.3, 0.4) is 0 Å². The number of hydrogen-bond donors (Lipinski definition) is 1. The van der Waals surface area contributed by atoms with Crippen molar-refractivity contribution in [3.05, 3.63) is 46.7 Å². The molecule has 0 radical (unpaired) electrons. The Morgan fingerprint density at radius 1 is 1.40 bits per heavy atom. The van der Waals surface area contributed by atoms with Crippen LogP contribution < -0.4 is 10.1 Å². The predicted molar refractivity (Wildman–Crippen MR) is 77.1 cm³/mol. The molecule has 0 fully saturated rings. The van der Waals surface area contributed by atoms with E-state index in [2.05, 4.69) is 10.4 Å². The number of carbonyl (C=O) groups is 1. The maximum atomic E-state index is 12.0. The molecule has 0 saturated carbocycles. The number of hydrogen-bond acceptors (Lipinski definition) is 3. The number of benzene rings is 1. The SMILES string of the molecule is CCn1ncc(Cl)c1CNC(=O)c1ccc(OC)cc1. The maximum Gasteiger partial charge on any atom is 0.251 e. The summed E-state index contributed by atoms with van der Waals surface area (Å²) in [7, 11) is 1.59. The largest absolute Gasteiger partial charge is 0.497 e. The molecule has 6 heteroatoms. The minimum atomic E-state index is -0.160. The summed E-state index contributed by atoms with van der Waals surface area (Å²) >= 11 is 6.04. The van der Waals surface area contributed by atoms with Crippen LogP contribution in [0.1, 0.15) is 23.0 Å². The molecule has 20 heavy (non-hydrogen) atoms. The Bertz CT molecular complexity index is 593. The summed E-state index contributed by atoms with van der Waals surface area (Å²) in [4.78, 5) is 12.0. The summed E-state index contributed by atoms with van der Waals surface area (Å²) in [6, 6.07) is 6.93. The molecule has 1 N–H and O–H groups in total. The van der Waals surface area contributed by atoms with Gasteiger partial charge in [0, 0.05) is 12.1 Å². The highest BCUT2D eigenvalue weighted by Crippen LogP contribution is 2.15. The predicted octanol–water partition coefficient (Wildman–Crippen LogP) is 2.50. The van der Waals surface area contributed by atoms with E-state index in [1.165, 1.54) is 0 Å². The number of aryl methyl sites for hydroxylation is 1. The number of nitrogens with one attached hydrogen (secondary N) is 1. The van der Waals surface area contributed by atoms with Crippen molar-refractivity contribution in [1.29, 1.82) is 0 Å². The van der Waals surface area contributed by atoms with Crippen molar-refractivity contribution in [2.45, 2.75) is 20.0 Å². The first-order chi connectivity index (χ1) is 9.65. The number of nitrogens with zero attached hydrogens (tertiary/aromatic N) is 2. The fraction of sp³-hybridized carbons (Fsp3) is 0.286. The molecule has 0 aliphatic carbocycles. The number of aromatic nitrogens is 2. The minimum Gasteiger partial charge on any atom is -0.497 e. The third-order valence-corrected chi connectivity index (χ3v) is 3.28. The molecule has 2 aromatic rings. The standard InChI is InChI=1S/C14H16ClN3O2/c1-3-18-13(12(15)8-17-18)9-16-14(19)10-4-6-11(20-2)7-5-10/h4-8H,3,9H2,1-2H3,(H,16,19). The molecule has 0 bridgehead atoms. The first kappa shape index (κ1) is 14.4. The molecule has 106 valence electrons. The average Bonchev–Trinajstić information content (AvgIpc) is 2.85. The van der Waals surface area contributed by atoms with E-state index < -0.39 is 0 Å². The second-order valence-corrected chi connectivity index (χ2v) is 4.57. The zero-order valence-electron chi connectivity index (χ0n) is 11.4. The van der Waals surface area contributed by atoms with Crippen molar-refractivity contribution in [2.24, 2.45) is 0 Å². The lowest BCUT2D eigenvalue weighted by atomic mass is 10.2. The van der Waals surface area contributed by atoms with Crippen LogP contribution in [0.2, 0.25) is 5.02 Å². The van der Waals surface area contributed by atoms with Gasteiger partial charge in [0.2, 0.25) is 0 Å². The molecule has 0 spiro atoms. The van der Waals surface area contributed by atoms with Gasteiger partial charge in [0.25, 0.3) is 5.91 Å². The number of ether oxygens (including phenoxy) is 1. The molecule has 1 amide bonds. The Balaban J connectivity index is 2.02. The Hall–Kier alpha value is -2.01. The molecule has 1 aromatic heterocycles. The third-order valence-electron chi connectivity index (χ3n) is 2.97. The average molecular weight is 294 g/mol. The second-order valence-electron chi connectivity index (χ2n) is 4.17. The first-order valence-corrected chi connectivity index (χ1v) is 6.66. The summed E-state index contributed by atoms with van der Waals surface area (Å²) in [5.41, 5.74) is 1.38. The summed E-state index contributed by atoms with van der Waals surface area (Å²) in [6.45, 7) is 3.02. The summed E-state index contributed by atoms with van der Waals surface area (Å²) in [5, 5.41) is 7.51. The van der Waals surface area contributed by atoms with Crippen LogP contribution in [0.15, 0.2) is 30.5 Å². The number of amides is 1. The van der Waals surface area contributed by atoms with Crippen LogP contribution >= 0.6 is 11.6 Å². The van der Waals surface area contributed by atoms with Crippen molar-refractivity contribution in [3.8, 4) is 5.75 Å². The van der Waals surface area contributed by atoms with Crippen LogP contribution in [0, 0.1) is 0 Å². The van der Waals surface area contributed by atoms with Gasteiger partial charge in [0.05, 0.1) is 30.6 Å². The van der Waals surface area contributed by atoms with Crippen LogP contribution in [0.5, 0.6) is 5.75 Å². The lowest BCUT2D eigenvalue weighted by molar-refractivity contribution is 0.0950. The molecule has 1 aromatic carbocycles. The summed E-state index contributed by atoms with van der Waals surface area (Å²) in [5.74, 6) is 0.557. The molecule has 0 aliphatic heterocycles. The third kappa shape index (κ3) is 3.11. The van der Waals surface area contributed by atoms with E-state index in [0.29, 0.717) is 29.4 Å². The quantitative estimate of drug-likeness (QED) is 0.921. The lowest BCUT2D eigenvalue weighted by Gasteiger charge is -2.08. The number of methoxy groups -OCH3 is 1. The minimum absolute atomic E-state index is 0.160. The van der Waals surface area contributed by atoms with Gasteiger partial charge in [-0.05, 0) is 31.2 Å². The molecule has 0 unspecified atom stereocenters. The van der Waals surface area contributed by atoms with Crippen LogP contribution in [-0.4, -0.2) is 22.8 Å². The summed E-state index contributed by atoms with van der Waals surface area (Å²) < 4.78 is 6.81. The van der Waals surface area contributed by atoms with Crippen LogP contribution in [0.4, 0.5) is 0 Å². The van der Waals surface area contributed by atoms with E-state index in [0.717, 1.165) is 5.69 Å². The molecular weight excluding hydrogens is 278 g/mol. The van der Waals surface area contributed by atoms with E-state index in [1.807, 2.05) is 6.92 Å². The van der Waals surface area contributed by atoms with Gasteiger partial charge >= 0.3 is 0 Å². The first-order valence-electron chi connectivity index (χ1n) is 6.28. The Morgan fingerprint density at radius 3 is 2.70 bits per heavy atom. The van der Waals surface area contributed by atoms with Crippen LogP contribution in [0.25, 0.3) is 0 Å². The topological polar surface area (TPSA) is 56.2 Å². The van der Waals surface area contributed by atoms with Crippen LogP contribution in [-0.2, 0) is 13.1 Å². The van der Waals surface area contributed by atoms with Crippen molar-refractivity contribution >= 4 is 17.5 Å². The highest BCUT2D eigenvalue weighted by atomic mass is 35.5. The van der Waals surface area contributed by atoms with Gasteiger partial charge in [-0.25, -0.2) is 0 Å². The molecular formula is C14H16ClN3O2. The van der Waals surface area contributed by atoms with Crippen molar-refractivity contribution < 1.29 is 9.53 Å². The number of halogens is 1. The smallest absolute Gasteiger partial charge is 0.251 e. The van der Waals surface area contributed by atoms with E-state index in [1.54, 1.807) is 42.3 Å². The monoisotopic (exact) mass is 293 g/mol. The second kappa shape index (κ2) is 6.43. The van der Waals surface area contributed by atoms with Gasteiger partial charge in [-0.15, -0.1) is 0 Å². The molecule has 0 aliphatic rings. The molecule has 2 rings (SSSR count). The van der Waals surface area contributed by atoms with E-state index in [9.17, 15) is 4.79 Å². The fourth-order valence-electron chi connectivity index (χ4n) is 1.84. The Labute approximate surface area is 122 Å². The van der Waals surface area contributed by atoms with Gasteiger partial charge in [-0.1, -0.05) is 11.6 Å². The molecule has 0 saturated heterocycles. The number of carbonyl (C=O) groups excluding carboxylic acids is 1. The fourth-order valence-corrected chi connectivity index (χ4v) is 2.05. The van der Waals surface area contributed by atoms with Gasteiger partial charge in [0.15, 0.2) is 0 Å². The Morgan fingerprint density at radius 2 is 2.10 bits per heavy atom.